The van der Waals surface area contributed by atoms with E-state index in [1.165, 1.54) is 6.07 Å². The average Bonchev–Trinajstić information content (AvgIpc) is 2.53. The molecule has 1 aliphatic heterocycles. The van der Waals surface area contributed by atoms with Crippen LogP contribution in [-0.4, -0.2) is 36.4 Å². The van der Waals surface area contributed by atoms with Crippen LogP contribution in [0.3, 0.4) is 0 Å². The second-order valence-electron chi connectivity index (χ2n) is 5.17. The van der Waals surface area contributed by atoms with Crippen molar-refractivity contribution >= 4 is 50.9 Å². The highest BCUT2D eigenvalue weighted by molar-refractivity contribution is 9.10. The largest absolute Gasteiger partial charge is 0.481 e. The Morgan fingerprint density at radius 3 is 2.83 bits per heavy atom. The fourth-order valence-corrected chi connectivity index (χ4v) is 3.80. The fraction of sp³-hybridized carbons (Fsp3) is 0.429. The molecule has 0 spiro atoms. The van der Waals surface area contributed by atoms with Crippen LogP contribution in [0.2, 0.25) is 10.0 Å². The Morgan fingerprint density at radius 1 is 1.43 bits per heavy atom. The van der Waals surface area contributed by atoms with Crippen molar-refractivity contribution in [2.24, 2.45) is 11.8 Å². The van der Waals surface area contributed by atoms with Gasteiger partial charge < -0.3 is 9.64 Å². The minimum atomic E-state index is -0.288. The van der Waals surface area contributed by atoms with Gasteiger partial charge in [0.2, 0.25) is 5.91 Å². The summed E-state index contributed by atoms with van der Waals surface area (Å²) in [7, 11) is 0. The van der Waals surface area contributed by atoms with Gasteiger partial charge in [-0.25, -0.2) is 5.84 Å². The van der Waals surface area contributed by atoms with Crippen LogP contribution in [0.25, 0.3) is 0 Å². The van der Waals surface area contributed by atoms with E-state index < -0.39 is 0 Å². The van der Waals surface area contributed by atoms with Crippen LogP contribution < -0.4 is 16.0 Å². The molecular formula is C14H16BrCl2N3O3. The molecule has 2 amide bonds. The highest BCUT2D eigenvalue weighted by Crippen LogP contribution is 2.36. The lowest BCUT2D eigenvalue weighted by Crippen LogP contribution is -2.48. The molecule has 3 N–H and O–H groups in total. The van der Waals surface area contributed by atoms with Crippen molar-refractivity contribution in [3.8, 4) is 5.75 Å². The summed E-state index contributed by atoms with van der Waals surface area (Å²) >= 11 is 15.2. The summed E-state index contributed by atoms with van der Waals surface area (Å²) in [5, 5.41) is 0.781. The van der Waals surface area contributed by atoms with Gasteiger partial charge in [-0.2, -0.15) is 0 Å². The molecule has 6 nitrogen and oxygen atoms in total. The van der Waals surface area contributed by atoms with Crippen molar-refractivity contribution in [3.05, 3.63) is 26.7 Å². The number of nitrogens with zero attached hydrogens (tertiary/aromatic N) is 1. The third-order valence-electron chi connectivity index (χ3n) is 3.59. The van der Waals surface area contributed by atoms with Crippen LogP contribution in [0.4, 0.5) is 0 Å². The number of benzene rings is 1. The van der Waals surface area contributed by atoms with Crippen molar-refractivity contribution < 1.29 is 14.3 Å². The van der Waals surface area contributed by atoms with E-state index in [1.807, 2.05) is 0 Å². The summed E-state index contributed by atoms with van der Waals surface area (Å²) in [6.45, 7) is 0.754. The lowest BCUT2D eigenvalue weighted by Gasteiger charge is -2.31. The van der Waals surface area contributed by atoms with Crippen molar-refractivity contribution in [2.45, 2.75) is 12.8 Å². The number of carbonyl (C=O) groups excluding carboxylic acids is 2. The molecule has 1 atom stereocenters. The number of ether oxygens (including phenoxy) is 1. The number of hydrogen-bond donors (Lipinski definition) is 2. The number of halogens is 3. The Hall–Kier alpha value is -1.02. The van der Waals surface area contributed by atoms with E-state index in [4.69, 9.17) is 33.8 Å². The second-order valence-corrected chi connectivity index (χ2v) is 6.87. The molecule has 2 rings (SSSR count). The Labute approximate surface area is 152 Å². The third-order valence-corrected chi connectivity index (χ3v) is 4.68. The van der Waals surface area contributed by atoms with Gasteiger partial charge in [0.15, 0.2) is 12.4 Å². The van der Waals surface area contributed by atoms with Crippen molar-refractivity contribution in [2.75, 3.05) is 19.7 Å². The zero-order chi connectivity index (χ0) is 17.0. The first-order chi connectivity index (χ1) is 10.9. The maximum atomic E-state index is 12.3. The Bertz CT molecular complexity index is 592. The number of rotatable bonds is 4. The molecule has 23 heavy (non-hydrogen) atoms. The summed E-state index contributed by atoms with van der Waals surface area (Å²) in [6.07, 6.45) is 1.46. The van der Waals surface area contributed by atoms with Gasteiger partial charge in [0.05, 0.1) is 15.4 Å². The zero-order valence-corrected chi connectivity index (χ0v) is 15.2. The molecular weight excluding hydrogens is 409 g/mol. The quantitative estimate of drug-likeness (QED) is 0.441. The van der Waals surface area contributed by atoms with Crippen LogP contribution in [-0.2, 0) is 9.59 Å². The number of nitrogens with one attached hydrogen (secondary N) is 1. The van der Waals surface area contributed by atoms with Gasteiger partial charge >= 0.3 is 0 Å². The van der Waals surface area contributed by atoms with Gasteiger partial charge in [0.25, 0.3) is 5.91 Å². The molecule has 0 aliphatic carbocycles. The molecule has 1 saturated heterocycles. The molecule has 1 unspecified atom stereocenters. The van der Waals surface area contributed by atoms with E-state index in [2.05, 4.69) is 21.4 Å². The molecule has 0 radical (unpaired) electrons. The van der Waals surface area contributed by atoms with Gasteiger partial charge in [-0.15, -0.1) is 0 Å². The molecule has 1 aromatic carbocycles. The molecule has 1 aliphatic rings. The third kappa shape index (κ3) is 4.73. The SMILES string of the molecule is NNC(=O)C1CCCN(C(=O)COc2c(Cl)cc(Cl)cc2Br)C1. The van der Waals surface area contributed by atoms with E-state index in [0.717, 1.165) is 6.42 Å². The number of hydrogen-bond acceptors (Lipinski definition) is 4. The van der Waals surface area contributed by atoms with Gasteiger partial charge in [0, 0.05) is 18.1 Å². The predicted octanol–water partition coefficient (Wildman–Crippen LogP) is 2.36. The lowest BCUT2D eigenvalue weighted by atomic mass is 9.97. The number of hydrazine groups is 1. The van der Waals surface area contributed by atoms with E-state index in [1.54, 1.807) is 11.0 Å². The maximum absolute atomic E-state index is 12.3. The topological polar surface area (TPSA) is 84.7 Å². The van der Waals surface area contributed by atoms with Crippen molar-refractivity contribution in [1.82, 2.24) is 10.3 Å². The second kappa shape index (κ2) is 8.19. The molecule has 1 fully saturated rings. The van der Waals surface area contributed by atoms with Crippen LogP contribution in [0.15, 0.2) is 16.6 Å². The highest BCUT2D eigenvalue weighted by atomic mass is 79.9. The molecule has 9 heteroatoms. The Balaban J connectivity index is 1.96. The summed E-state index contributed by atoms with van der Waals surface area (Å²) in [5.74, 6) is 4.75. The molecule has 0 bridgehead atoms. The summed E-state index contributed by atoms with van der Waals surface area (Å²) in [5.41, 5.74) is 2.13. The molecule has 0 aromatic heterocycles. The van der Waals surface area contributed by atoms with E-state index in [0.29, 0.717) is 39.8 Å². The summed E-state index contributed by atoms with van der Waals surface area (Å²) < 4.78 is 6.08. The number of piperidine rings is 1. The first-order valence-electron chi connectivity index (χ1n) is 6.98. The zero-order valence-electron chi connectivity index (χ0n) is 12.2. The minimum absolute atomic E-state index is 0.170. The van der Waals surface area contributed by atoms with Gasteiger partial charge in [0.1, 0.15) is 0 Å². The Morgan fingerprint density at radius 2 is 2.17 bits per heavy atom. The van der Waals surface area contributed by atoms with Crippen molar-refractivity contribution in [3.63, 3.8) is 0 Å². The van der Waals surface area contributed by atoms with Gasteiger partial charge in [-0.3, -0.25) is 15.0 Å². The standard InChI is InChI=1S/C14H16BrCl2N3O3/c15-10-4-9(16)5-11(17)13(10)23-7-12(21)20-3-1-2-8(6-20)14(22)19-18/h4-5,8H,1-3,6-7,18H2,(H,19,22). The smallest absolute Gasteiger partial charge is 0.260 e. The average molecular weight is 425 g/mol. The minimum Gasteiger partial charge on any atom is -0.481 e. The number of likely N-dealkylation sites (tertiary alicyclic amines) is 1. The first-order valence-corrected chi connectivity index (χ1v) is 8.53. The Kier molecular flexibility index (Phi) is 6.52. The lowest BCUT2D eigenvalue weighted by molar-refractivity contribution is -0.137. The molecule has 0 saturated carbocycles. The predicted molar refractivity (Wildman–Crippen MR) is 91.3 cm³/mol. The summed E-state index contributed by atoms with van der Waals surface area (Å²) in [6, 6.07) is 3.17. The highest BCUT2D eigenvalue weighted by Gasteiger charge is 2.28. The van der Waals surface area contributed by atoms with Crippen LogP contribution in [0.1, 0.15) is 12.8 Å². The molecule has 126 valence electrons. The van der Waals surface area contributed by atoms with E-state index in [9.17, 15) is 9.59 Å². The number of amides is 2. The van der Waals surface area contributed by atoms with Gasteiger partial charge in [-0.1, -0.05) is 23.2 Å². The van der Waals surface area contributed by atoms with E-state index >= 15 is 0 Å². The van der Waals surface area contributed by atoms with Gasteiger partial charge in [-0.05, 0) is 40.9 Å². The van der Waals surface area contributed by atoms with Crippen LogP contribution in [0.5, 0.6) is 5.75 Å². The van der Waals surface area contributed by atoms with E-state index in [-0.39, 0.29) is 24.3 Å². The van der Waals surface area contributed by atoms with Crippen molar-refractivity contribution in [1.29, 1.82) is 0 Å². The van der Waals surface area contributed by atoms with Crippen LogP contribution >= 0.6 is 39.1 Å². The fourth-order valence-electron chi connectivity index (χ4n) is 2.43. The molecule has 1 heterocycles. The normalized spacial score (nSPS) is 17.7. The monoisotopic (exact) mass is 423 g/mol. The first kappa shape index (κ1) is 18.3. The van der Waals surface area contributed by atoms with Crippen LogP contribution in [0, 0.1) is 5.92 Å². The maximum Gasteiger partial charge on any atom is 0.260 e. The number of nitrogens with two attached hydrogens (primary N) is 1. The summed E-state index contributed by atoms with van der Waals surface area (Å²) in [4.78, 5) is 25.5. The number of carbonyl (C=O) groups is 2. The molecule has 1 aromatic rings.